The summed E-state index contributed by atoms with van der Waals surface area (Å²) >= 11 is 0. The highest BCUT2D eigenvalue weighted by molar-refractivity contribution is 5.84. The summed E-state index contributed by atoms with van der Waals surface area (Å²) in [6.07, 6.45) is 3.02. The lowest BCUT2D eigenvalue weighted by atomic mass is 9.86. The first-order valence-electron chi connectivity index (χ1n) is 10.9. The van der Waals surface area contributed by atoms with Gasteiger partial charge in [-0.3, -0.25) is 4.90 Å². The molecule has 2 fully saturated rings. The van der Waals surface area contributed by atoms with Crippen molar-refractivity contribution >= 4 is 16.7 Å². The van der Waals surface area contributed by atoms with Crippen LogP contribution in [-0.4, -0.2) is 78.9 Å². The molecule has 0 radical (unpaired) electrons. The average Bonchev–Trinajstić information content (AvgIpc) is 2.73. The fraction of sp³-hybridized carbons (Fsp3) is 0.609. The Labute approximate surface area is 173 Å². The van der Waals surface area contributed by atoms with Crippen LogP contribution in [0.3, 0.4) is 0 Å². The minimum Gasteiger partial charge on any atom is -0.396 e. The average molecular weight is 401 g/mol. The van der Waals surface area contributed by atoms with Crippen molar-refractivity contribution < 1.29 is 9.50 Å². The van der Waals surface area contributed by atoms with Crippen LogP contribution >= 0.6 is 0 Å². The first-order valence-corrected chi connectivity index (χ1v) is 10.9. The molecule has 0 saturated carbocycles. The molecule has 6 heteroatoms. The Morgan fingerprint density at radius 2 is 1.93 bits per heavy atom. The number of anilines is 1. The maximum Gasteiger partial charge on any atom is 0.129 e. The molecular formula is C23H33FN4O. The number of aliphatic hydroxyl groups excluding tert-OH is 1. The molecule has 1 aromatic heterocycles. The number of aryl methyl sites for hydroxylation is 1. The zero-order valence-corrected chi connectivity index (χ0v) is 17.6. The third-order valence-electron chi connectivity index (χ3n) is 6.72. The molecule has 1 aromatic carbocycles. The Balaban J connectivity index is 1.54. The van der Waals surface area contributed by atoms with Gasteiger partial charge < -0.3 is 14.9 Å². The molecule has 2 atom stereocenters. The van der Waals surface area contributed by atoms with Gasteiger partial charge in [0.05, 0.1) is 5.52 Å². The molecule has 2 saturated heterocycles. The minimum absolute atomic E-state index is 0.216. The highest BCUT2D eigenvalue weighted by atomic mass is 19.1. The second-order valence-corrected chi connectivity index (χ2v) is 8.73. The number of piperazine rings is 1. The fourth-order valence-electron chi connectivity index (χ4n) is 5.01. The standard InChI is InChI=1S/C23H33FN4O/c1-17-14-23(25-21-6-5-19(24)15-20(17)21)28-8-7-22(18(16-28)4-3-13-29)27-11-9-26(2)10-12-27/h5-6,14-15,18,22,29H,3-4,7-13,16H2,1-2H3/t18-,22+/m0/s1. The molecule has 0 amide bonds. The number of likely N-dealkylation sites (N-methyl/N-ethyl adjacent to an activating group) is 1. The second kappa shape index (κ2) is 8.94. The number of halogens is 1. The molecule has 5 nitrogen and oxygen atoms in total. The number of aromatic nitrogens is 1. The maximum absolute atomic E-state index is 13.6. The third kappa shape index (κ3) is 4.55. The second-order valence-electron chi connectivity index (χ2n) is 8.73. The quantitative estimate of drug-likeness (QED) is 0.836. The van der Waals surface area contributed by atoms with E-state index in [9.17, 15) is 9.50 Å². The van der Waals surface area contributed by atoms with Crippen LogP contribution in [-0.2, 0) is 0 Å². The van der Waals surface area contributed by atoms with Crippen molar-refractivity contribution in [1.29, 1.82) is 0 Å². The molecule has 4 rings (SSSR count). The van der Waals surface area contributed by atoms with Gasteiger partial charge in [-0.15, -0.1) is 0 Å². The summed E-state index contributed by atoms with van der Waals surface area (Å²) in [7, 11) is 2.20. The Morgan fingerprint density at radius 1 is 1.14 bits per heavy atom. The van der Waals surface area contributed by atoms with E-state index in [1.54, 1.807) is 12.1 Å². The number of pyridine rings is 1. The molecule has 0 spiro atoms. The van der Waals surface area contributed by atoms with Crippen LogP contribution in [0.15, 0.2) is 24.3 Å². The van der Waals surface area contributed by atoms with Gasteiger partial charge in [-0.2, -0.15) is 0 Å². The summed E-state index contributed by atoms with van der Waals surface area (Å²) in [6.45, 7) is 8.79. The van der Waals surface area contributed by atoms with Crippen molar-refractivity contribution in [2.45, 2.75) is 32.2 Å². The predicted octanol–water partition coefficient (Wildman–Crippen LogP) is 2.90. The molecule has 0 bridgehead atoms. The molecule has 1 N–H and O–H groups in total. The predicted molar refractivity (Wildman–Crippen MR) is 116 cm³/mol. The number of rotatable bonds is 5. The molecule has 2 aliphatic rings. The lowest BCUT2D eigenvalue weighted by Gasteiger charge is -2.47. The van der Waals surface area contributed by atoms with Gasteiger partial charge in [-0.05, 0) is 69.0 Å². The van der Waals surface area contributed by atoms with Crippen LogP contribution < -0.4 is 4.90 Å². The molecule has 2 aliphatic heterocycles. The number of piperidine rings is 1. The number of fused-ring (bicyclic) bond motifs is 1. The van der Waals surface area contributed by atoms with Crippen LogP contribution in [0.1, 0.15) is 24.8 Å². The van der Waals surface area contributed by atoms with Gasteiger partial charge in [-0.1, -0.05) is 0 Å². The molecule has 2 aromatic rings. The molecule has 158 valence electrons. The van der Waals surface area contributed by atoms with Gasteiger partial charge in [0.25, 0.3) is 0 Å². The summed E-state index contributed by atoms with van der Waals surface area (Å²) in [4.78, 5) is 12.3. The lowest BCUT2D eigenvalue weighted by Crippen LogP contribution is -2.56. The van der Waals surface area contributed by atoms with E-state index >= 15 is 0 Å². The van der Waals surface area contributed by atoms with Gasteiger partial charge in [0.15, 0.2) is 0 Å². The van der Waals surface area contributed by atoms with Gasteiger partial charge >= 0.3 is 0 Å². The van der Waals surface area contributed by atoms with E-state index in [4.69, 9.17) is 4.98 Å². The fourth-order valence-corrected chi connectivity index (χ4v) is 5.01. The summed E-state index contributed by atoms with van der Waals surface area (Å²) in [5.41, 5.74) is 1.92. The Bertz CT molecular complexity index is 837. The van der Waals surface area contributed by atoms with Crippen molar-refractivity contribution in [2.75, 3.05) is 57.8 Å². The smallest absolute Gasteiger partial charge is 0.129 e. The van der Waals surface area contributed by atoms with Crippen molar-refractivity contribution in [2.24, 2.45) is 5.92 Å². The van der Waals surface area contributed by atoms with Gasteiger partial charge in [0, 0.05) is 57.3 Å². The summed E-state index contributed by atoms with van der Waals surface area (Å²) in [6, 6.07) is 7.53. The first kappa shape index (κ1) is 20.5. The molecular weight excluding hydrogens is 367 g/mol. The van der Waals surface area contributed by atoms with Crippen LogP contribution in [0.25, 0.3) is 10.9 Å². The molecule has 0 aliphatic carbocycles. The topological polar surface area (TPSA) is 42.8 Å². The van der Waals surface area contributed by atoms with E-state index in [1.165, 1.54) is 6.07 Å². The number of hydrogen-bond donors (Lipinski definition) is 1. The third-order valence-corrected chi connectivity index (χ3v) is 6.72. The van der Waals surface area contributed by atoms with E-state index in [0.717, 1.165) is 80.8 Å². The number of aliphatic hydroxyl groups is 1. The number of nitrogens with zero attached hydrogens (tertiary/aromatic N) is 4. The van der Waals surface area contributed by atoms with Crippen molar-refractivity contribution in [1.82, 2.24) is 14.8 Å². The van der Waals surface area contributed by atoms with Gasteiger partial charge in [0.2, 0.25) is 0 Å². The molecule has 3 heterocycles. The van der Waals surface area contributed by atoms with Crippen LogP contribution in [0, 0.1) is 18.7 Å². The van der Waals surface area contributed by atoms with E-state index in [2.05, 4.69) is 27.8 Å². The number of hydrogen-bond acceptors (Lipinski definition) is 5. The monoisotopic (exact) mass is 400 g/mol. The first-order chi connectivity index (χ1) is 14.0. The zero-order chi connectivity index (χ0) is 20.4. The highest BCUT2D eigenvalue weighted by Gasteiger charge is 2.34. The molecule has 29 heavy (non-hydrogen) atoms. The van der Waals surface area contributed by atoms with Crippen LogP contribution in [0.2, 0.25) is 0 Å². The zero-order valence-electron chi connectivity index (χ0n) is 17.6. The Morgan fingerprint density at radius 3 is 2.69 bits per heavy atom. The molecule has 0 unspecified atom stereocenters. The highest BCUT2D eigenvalue weighted by Crippen LogP contribution is 2.31. The van der Waals surface area contributed by atoms with Crippen molar-refractivity contribution in [3.05, 3.63) is 35.6 Å². The minimum atomic E-state index is -0.216. The van der Waals surface area contributed by atoms with E-state index in [-0.39, 0.29) is 12.4 Å². The Kier molecular flexibility index (Phi) is 6.32. The Hall–Kier alpha value is -1.76. The summed E-state index contributed by atoms with van der Waals surface area (Å²) in [5.74, 6) is 1.31. The van der Waals surface area contributed by atoms with E-state index < -0.39 is 0 Å². The largest absolute Gasteiger partial charge is 0.396 e. The van der Waals surface area contributed by atoms with Crippen molar-refractivity contribution in [3.8, 4) is 0 Å². The lowest BCUT2D eigenvalue weighted by molar-refractivity contribution is 0.0637. The van der Waals surface area contributed by atoms with E-state index in [0.29, 0.717) is 12.0 Å². The van der Waals surface area contributed by atoms with Gasteiger partial charge in [-0.25, -0.2) is 9.37 Å². The number of benzene rings is 1. The van der Waals surface area contributed by atoms with Gasteiger partial charge in [0.1, 0.15) is 11.6 Å². The van der Waals surface area contributed by atoms with Crippen molar-refractivity contribution in [3.63, 3.8) is 0 Å². The van der Waals surface area contributed by atoms with Crippen LogP contribution in [0.4, 0.5) is 10.2 Å². The maximum atomic E-state index is 13.6. The van der Waals surface area contributed by atoms with Crippen LogP contribution in [0.5, 0.6) is 0 Å². The summed E-state index contributed by atoms with van der Waals surface area (Å²) in [5, 5.41) is 10.3. The normalized spacial score (nSPS) is 24.3. The SMILES string of the molecule is Cc1cc(N2CC[C@@H](N3CCN(C)CC3)[C@@H](CCCO)C2)nc2ccc(F)cc12. The summed E-state index contributed by atoms with van der Waals surface area (Å²) < 4.78 is 13.6. The van der Waals surface area contributed by atoms with E-state index in [1.807, 2.05) is 6.92 Å².